The van der Waals surface area contributed by atoms with Gasteiger partial charge in [-0.05, 0) is 96.5 Å². The average Bonchev–Trinajstić information content (AvgIpc) is 3.59. The second kappa shape index (κ2) is 12.2. The van der Waals surface area contributed by atoms with E-state index in [0.717, 1.165) is 56.1 Å². The summed E-state index contributed by atoms with van der Waals surface area (Å²) < 4.78 is 4.56. The Morgan fingerprint density at radius 1 is 0.673 bits per heavy atom. The summed E-state index contributed by atoms with van der Waals surface area (Å²) in [5.74, 6) is -0.276. The number of rotatable bonds is 4. The van der Waals surface area contributed by atoms with Crippen LogP contribution in [-0.4, -0.2) is 9.13 Å². The molecule has 0 amide bonds. The Balaban J connectivity index is 1.10. The van der Waals surface area contributed by atoms with Crippen molar-refractivity contribution < 1.29 is 0 Å². The second-order valence-electron chi connectivity index (χ2n) is 14.0. The van der Waals surface area contributed by atoms with Crippen LogP contribution in [0.2, 0.25) is 0 Å². The van der Waals surface area contributed by atoms with Crippen LogP contribution in [0.1, 0.15) is 41.4 Å². The Morgan fingerprint density at radius 3 is 1.96 bits per heavy atom. The van der Waals surface area contributed by atoms with E-state index in [-0.39, 0.29) is 5.92 Å². The zero-order valence-corrected chi connectivity index (χ0v) is 28.7. The molecular formula is C47H33N5. The van der Waals surface area contributed by atoms with Gasteiger partial charge in [-0.2, -0.15) is 15.8 Å². The lowest BCUT2D eigenvalue weighted by atomic mass is 9.79. The van der Waals surface area contributed by atoms with Crippen LogP contribution < -0.4 is 0 Å². The van der Waals surface area contributed by atoms with Crippen LogP contribution in [0.3, 0.4) is 0 Å². The third kappa shape index (κ3) is 4.89. The van der Waals surface area contributed by atoms with E-state index in [0.29, 0.717) is 24.8 Å². The van der Waals surface area contributed by atoms with Gasteiger partial charge in [0.05, 0.1) is 46.3 Å². The van der Waals surface area contributed by atoms with Crippen molar-refractivity contribution in [1.82, 2.24) is 9.13 Å². The summed E-state index contributed by atoms with van der Waals surface area (Å²) in [6.45, 7) is 1.98. The Bertz CT molecular complexity index is 2680. The zero-order valence-electron chi connectivity index (χ0n) is 28.7. The smallest absolute Gasteiger partial charge is 0.0988 e. The number of allylic oxidation sites excluding steroid dienone is 8. The first kappa shape index (κ1) is 31.1. The second-order valence-corrected chi connectivity index (χ2v) is 14.0. The molecule has 4 aromatic carbocycles. The van der Waals surface area contributed by atoms with Gasteiger partial charge >= 0.3 is 0 Å². The van der Waals surface area contributed by atoms with Crippen LogP contribution in [0.15, 0.2) is 133 Å². The molecule has 0 spiro atoms. The fourth-order valence-electron chi connectivity index (χ4n) is 8.23. The minimum absolute atomic E-state index is 0.276. The monoisotopic (exact) mass is 667 g/mol. The van der Waals surface area contributed by atoms with Gasteiger partial charge in [0.15, 0.2) is 0 Å². The molecule has 0 N–H and O–H groups in total. The molecule has 0 aliphatic heterocycles. The molecule has 5 nitrogen and oxygen atoms in total. The number of hydrogen-bond donors (Lipinski definition) is 0. The molecule has 3 aliphatic rings. The molecule has 0 bridgehead atoms. The van der Waals surface area contributed by atoms with Crippen molar-refractivity contribution in [2.45, 2.75) is 26.2 Å². The van der Waals surface area contributed by atoms with Crippen LogP contribution in [0.25, 0.3) is 62.0 Å². The van der Waals surface area contributed by atoms with Crippen LogP contribution in [-0.2, 0) is 12.8 Å². The minimum Gasteiger partial charge on any atom is -0.311 e. The van der Waals surface area contributed by atoms with E-state index < -0.39 is 5.41 Å². The van der Waals surface area contributed by atoms with Crippen molar-refractivity contribution in [3.63, 3.8) is 0 Å². The zero-order chi connectivity index (χ0) is 35.4. The van der Waals surface area contributed by atoms with Gasteiger partial charge in [-0.15, -0.1) is 0 Å². The molecule has 2 unspecified atom stereocenters. The summed E-state index contributed by atoms with van der Waals surface area (Å²) >= 11 is 0. The highest BCUT2D eigenvalue weighted by Gasteiger charge is 2.32. The topological polar surface area (TPSA) is 81.2 Å². The molecule has 52 heavy (non-hydrogen) atoms. The molecule has 0 saturated heterocycles. The number of hydrogen-bond acceptors (Lipinski definition) is 3. The van der Waals surface area contributed by atoms with Crippen LogP contribution in [0, 0.1) is 45.3 Å². The molecule has 0 fully saturated rings. The fourth-order valence-corrected chi connectivity index (χ4v) is 8.23. The maximum atomic E-state index is 10.4. The predicted octanol–water partition coefficient (Wildman–Crippen LogP) is 10.8. The van der Waals surface area contributed by atoms with E-state index in [4.69, 9.17) is 0 Å². The van der Waals surface area contributed by atoms with Crippen molar-refractivity contribution in [2.75, 3.05) is 0 Å². The number of fused-ring (bicyclic) bond motifs is 6. The number of para-hydroxylation sites is 2. The van der Waals surface area contributed by atoms with Gasteiger partial charge in [0.2, 0.25) is 0 Å². The van der Waals surface area contributed by atoms with E-state index in [2.05, 4.69) is 143 Å². The fraction of sp³-hybridized carbons (Fsp3) is 0.128. The minimum atomic E-state index is -0.566. The third-order valence-corrected chi connectivity index (χ3v) is 10.8. The Labute approximate surface area is 302 Å². The Kier molecular flexibility index (Phi) is 7.29. The highest BCUT2D eigenvalue weighted by molar-refractivity contribution is 6.12. The molecule has 5 heteroatoms. The van der Waals surface area contributed by atoms with Gasteiger partial charge in [-0.3, -0.25) is 0 Å². The first-order valence-corrected chi connectivity index (χ1v) is 17.7. The van der Waals surface area contributed by atoms with E-state index in [1.807, 2.05) is 31.2 Å². The SMILES string of the molecule is CC1(C#N)C=Cc2c(c3c(n2-c2ccc(-c4ccc(C5=C(n6c7ccccc7c7ccccc76)C(C#N)CC=C5)cc4)cc2)C=CC(C#N)=CC3)C1. The lowest BCUT2D eigenvalue weighted by Crippen LogP contribution is -2.18. The summed E-state index contributed by atoms with van der Waals surface area (Å²) in [4.78, 5) is 0. The first-order valence-electron chi connectivity index (χ1n) is 17.7. The van der Waals surface area contributed by atoms with Gasteiger partial charge in [-0.1, -0.05) is 97.1 Å². The van der Waals surface area contributed by atoms with Gasteiger partial charge in [0.25, 0.3) is 0 Å². The molecule has 2 aromatic heterocycles. The standard InChI is InChI=1S/C47H33N5/c1-47(30-50)26-25-45-41(27-47)40-23-13-31(28-48)14-24-44(40)51(45)36-21-19-33(20-22-36)32-15-17-34(18-16-32)37-10-6-7-35(29-49)46(37)52-42-11-4-2-8-38(42)39-9-3-5-12-43(39)52/h2-6,8-22,24-26,35H,7,23,27H2,1H3. The molecule has 2 atom stereocenters. The normalized spacial score (nSPS) is 19.0. The number of nitrogens with zero attached hydrogens (tertiary/aromatic N) is 5. The lowest BCUT2D eigenvalue weighted by molar-refractivity contribution is 0.558. The van der Waals surface area contributed by atoms with E-state index in [9.17, 15) is 15.8 Å². The van der Waals surface area contributed by atoms with Gasteiger partial charge in [-0.25, -0.2) is 0 Å². The summed E-state index contributed by atoms with van der Waals surface area (Å²) in [5, 5.41) is 32.3. The van der Waals surface area contributed by atoms with Crippen molar-refractivity contribution in [3.8, 4) is 35.0 Å². The van der Waals surface area contributed by atoms with Crippen molar-refractivity contribution in [1.29, 1.82) is 15.8 Å². The number of nitriles is 3. The van der Waals surface area contributed by atoms with Gasteiger partial charge < -0.3 is 9.13 Å². The van der Waals surface area contributed by atoms with Crippen molar-refractivity contribution >= 4 is 45.2 Å². The summed E-state index contributed by atoms with van der Waals surface area (Å²) in [6, 6.07) is 41.6. The molecule has 3 aliphatic carbocycles. The molecule has 0 radical (unpaired) electrons. The van der Waals surface area contributed by atoms with Gasteiger partial charge in [0, 0.05) is 39.0 Å². The summed E-state index contributed by atoms with van der Waals surface area (Å²) in [7, 11) is 0. The van der Waals surface area contributed by atoms with E-state index in [1.54, 1.807) is 0 Å². The number of aromatic nitrogens is 2. The summed E-state index contributed by atoms with van der Waals surface area (Å²) in [5.41, 5.74) is 13.2. The quantitative estimate of drug-likeness (QED) is 0.188. The average molecular weight is 668 g/mol. The van der Waals surface area contributed by atoms with Crippen molar-refractivity contribution in [3.05, 3.63) is 161 Å². The third-order valence-electron chi connectivity index (χ3n) is 10.8. The highest BCUT2D eigenvalue weighted by atomic mass is 15.0. The number of benzene rings is 4. The van der Waals surface area contributed by atoms with Crippen LogP contribution >= 0.6 is 0 Å². The molecular weight excluding hydrogens is 635 g/mol. The predicted molar refractivity (Wildman–Crippen MR) is 210 cm³/mol. The Hall–Kier alpha value is -6.87. The molecule has 246 valence electrons. The molecule has 0 saturated carbocycles. The molecule has 2 heterocycles. The van der Waals surface area contributed by atoms with Crippen LogP contribution in [0.5, 0.6) is 0 Å². The molecule has 6 aromatic rings. The van der Waals surface area contributed by atoms with Gasteiger partial charge in [0.1, 0.15) is 0 Å². The van der Waals surface area contributed by atoms with Crippen molar-refractivity contribution in [2.24, 2.45) is 11.3 Å². The summed E-state index contributed by atoms with van der Waals surface area (Å²) in [6.07, 6.45) is 16.3. The van der Waals surface area contributed by atoms with E-state index in [1.165, 1.54) is 21.9 Å². The first-order chi connectivity index (χ1) is 25.5. The lowest BCUT2D eigenvalue weighted by Gasteiger charge is -2.24. The van der Waals surface area contributed by atoms with Crippen LogP contribution in [0.4, 0.5) is 0 Å². The van der Waals surface area contributed by atoms with E-state index >= 15 is 0 Å². The Morgan fingerprint density at radius 2 is 1.31 bits per heavy atom. The molecule has 9 rings (SSSR count). The maximum Gasteiger partial charge on any atom is 0.0988 e. The highest BCUT2D eigenvalue weighted by Crippen LogP contribution is 2.42. The largest absolute Gasteiger partial charge is 0.311 e. The maximum absolute atomic E-state index is 10.4.